The van der Waals surface area contributed by atoms with E-state index in [0.717, 1.165) is 6.42 Å². The van der Waals surface area contributed by atoms with Crippen molar-refractivity contribution in [1.29, 1.82) is 0 Å². The number of carbonyl (C=O) groups is 2. The first-order valence-electron chi connectivity index (χ1n) is 4.77. The molecule has 2 aliphatic carbocycles. The second-order valence-corrected chi connectivity index (χ2v) is 4.53. The van der Waals surface area contributed by atoms with Gasteiger partial charge < -0.3 is 4.74 Å². The van der Waals surface area contributed by atoms with Crippen LogP contribution in [0.1, 0.15) is 6.42 Å². The molecule has 2 amide bonds. The van der Waals surface area contributed by atoms with Crippen LogP contribution in [0, 0.1) is 23.7 Å². The molecule has 2 aliphatic heterocycles. The summed E-state index contributed by atoms with van der Waals surface area (Å²) in [5, 5.41) is 2.43. The number of hydrogen-bond acceptors (Lipinski definition) is 3. The number of hydrogen-bond donors (Lipinski definition) is 1. The van der Waals surface area contributed by atoms with Gasteiger partial charge in [-0.25, -0.2) is 0 Å². The smallest absolute Gasteiger partial charge is 0.230 e. The molecular weight excluding hydrogens is 170 g/mol. The van der Waals surface area contributed by atoms with Gasteiger partial charge in [-0.15, -0.1) is 0 Å². The molecule has 0 aromatic heterocycles. The third-order valence-electron chi connectivity index (χ3n) is 4.11. The minimum atomic E-state index is -0.0588. The second-order valence-electron chi connectivity index (χ2n) is 4.53. The molecule has 0 radical (unpaired) electrons. The Morgan fingerprint density at radius 2 is 1.62 bits per heavy atom. The topological polar surface area (TPSA) is 58.7 Å². The van der Waals surface area contributed by atoms with Gasteiger partial charge in [0.15, 0.2) is 0 Å². The van der Waals surface area contributed by atoms with Gasteiger partial charge in [-0.1, -0.05) is 0 Å². The maximum atomic E-state index is 11.4. The van der Waals surface area contributed by atoms with Crippen LogP contribution in [0.2, 0.25) is 0 Å². The summed E-state index contributed by atoms with van der Waals surface area (Å²) < 4.78 is 5.44. The summed E-state index contributed by atoms with van der Waals surface area (Å²) in [4.78, 5) is 22.9. The van der Waals surface area contributed by atoms with Crippen molar-refractivity contribution in [3.05, 3.63) is 0 Å². The SMILES string of the molecule is O=C1NC(=O)[C@H]2[C@@H]1[C@H]1C[C@@H]2C2OC21. The van der Waals surface area contributed by atoms with Gasteiger partial charge in [-0.2, -0.15) is 0 Å². The molecule has 13 heavy (non-hydrogen) atoms. The second kappa shape index (κ2) is 1.66. The summed E-state index contributed by atoms with van der Waals surface area (Å²) in [6.07, 6.45) is 1.65. The molecule has 2 unspecified atom stereocenters. The van der Waals surface area contributed by atoms with Crippen LogP contribution in [0.15, 0.2) is 0 Å². The predicted molar refractivity (Wildman–Crippen MR) is 40.4 cm³/mol. The van der Waals surface area contributed by atoms with Crippen molar-refractivity contribution in [2.75, 3.05) is 0 Å². The zero-order valence-electron chi connectivity index (χ0n) is 6.90. The van der Waals surface area contributed by atoms with E-state index >= 15 is 0 Å². The molecule has 6 atom stereocenters. The Labute approximate surface area is 74.6 Å². The van der Waals surface area contributed by atoms with Gasteiger partial charge in [0.05, 0.1) is 24.0 Å². The van der Waals surface area contributed by atoms with Gasteiger partial charge in [0.2, 0.25) is 11.8 Å². The molecule has 4 fully saturated rings. The van der Waals surface area contributed by atoms with Crippen LogP contribution < -0.4 is 5.32 Å². The molecule has 0 aromatic carbocycles. The minimum Gasteiger partial charge on any atom is -0.369 e. The van der Waals surface area contributed by atoms with Gasteiger partial charge in [-0.3, -0.25) is 14.9 Å². The average Bonchev–Trinajstić information content (AvgIpc) is 2.58. The van der Waals surface area contributed by atoms with Crippen LogP contribution in [0.3, 0.4) is 0 Å². The molecular formula is C9H9NO3. The number of nitrogens with one attached hydrogen (secondary N) is 1. The molecule has 0 aromatic rings. The quantitative estimate of drug-likeness (QED) is 0.395. The van der Waals surface area contributed by atoms with E-state index in [2.05, 4.69) is 5.32 Å². The summed E-state index contributed by atoms with van der Waals surface area (Å²) in [6, 6.07) is 0. The summed E-state index contributed by atoms with van der Waals surface area (Å²) >= 11 is 0. The normalized spacial score (nSPS) is 60.6. The van der Waals surface area contributed by atoms with E-state index < -0.39 is 0 Å². The lowest BCUT2D eigenvalue weighted by Gasteiger charge is -2.15. The van der Waals surface area contributed by atoms with E-state index in [1.165, 1.54) is 0 Å². The highest BCUT2D eigenvalue weighted by Crippen LogP contribution is 2.62. The molecule has 2 heterocycles. The van der Waals surface area contributed by atoms with Gasteiger partial charge in [-0.05, 0) is 6.42 Å². The zero-order valence-corrected chi connectivity index (χ0v) is 6.90. The average molecular weight is 179 g/mol. The predicted octanol–water partition coefficient (Wildman–Crippen LogP) is -0.708. The number of imide groups is 1. The van der Waals surface area contributed by atoms with Crippen LogP contribution in [-0.4, -0.2) is 24.0 Å². The fourth-order valence-electron chi connectivity index (χ4n) is 3.65. The highest BCUT2D eigenvalue weighted by Gasteiger charge is 2.72. The first-order valence-corrected chi connectivity index (χ1v) is 4.77. The third-order valence-corrected chi connectivity index (χ3v) is 4.11. The van der Waals surface area contributed by atoms with E-state index in [1.807, 2.05) is 0 Å². The molecule has 0 spiro atoms. The number of rotatable bonds is 0. The first kappa shape index (κ1) is 6.54. The summed E-state index contributed by atoms with van der Waals surface area (Å²) in [5.41, 5.74) is 0. The van der Waals surface area contributed by atoms with E-state index in [9.17, 15) is 9.59 Å². The van der Waals surface area contributed by atoms with Crippen molar-refractivity contribution in [2.24, 2.45) is 23.7 Å². The Bertz CT molecular complexity index is 310. The monoisotopic (exact) mass is 179 g/mol. The summed E-state index contributed by atoms with van der Waals surface area (Å²) in [5.74, 6) is 0.452. The van der Waals surface area contributed by atoms with Crippen LogP contribution in [0.4, 0.5) is 0 Å². The Morgan fingerprint density at radius 1 is 1.08 bits per heavy atom. The van der Waals surface area contributed by atoms with Crippen LogP contribution in [-0.2, 0) is 14.3 Å². The molecule has 4 rings (SSSR count). The fraction of sp³-hybridized carbons (Fsp3) is 0.778. The van der Waals surface area contributed by atoms with E-state index in [1.54, 1.807) is 0 Å². The third kappa shape index (κ3) is 0.544. The maximum Gasteiger partial charge on any atom is 0.230 e. The number of ether oxygens (including phenoxy) is 1. The number of epoxide rings is 1. The van der Waals surface area contributed by atoms with Crippen molar-refractivity contribution in [3.8, 4) is 0 Å². The highest BCUT2D eigenvalue weighted by atomic mass is 16.6. The first-order chi connectivity index (χ1) is 6.27. The maximum absolute atomic E-state index is 11.4. The highest BCUT2D eigenvalue weighted by molar-refractivity contribution is 6.06. The molecule has 2 bridgehead atoms. The van der Waals surface area contributed by atoms with E-state index in [0.29, 0.717) is 24.0 Å². The molecule has 4 aliphatic rings. The number of fused-ring (bicyclic) bond motifs is 8. The van der Waals surface area contributed by atoms with E-state index in [4.69, 9.17) is 4.74 Å². The molecule has 4 nitrogen and oxygen atoms in total. The number of carbonyl (C=O) groups excluding carboxylic acids is 2. The molecule has 2 saturated carbocycles. The van der Waals surface area contributed by atoms with Gasteiger partial charge >= 0.3 is 0 Å². The van der Waals surface area contributed by atoms with Crippen molar-refractivity contribution in [3.63, 3.8) is 0 Å². The van der Waals surface area contributed by atoms with Crippen molar-refractivity contribution >= 4 is 11.8 Å². The van der Waals surface area contributed by atoms with Crippen LogP contribution in [0.25, 0.3) is 0 Å². The van der Waals surface area contributed by atoms with Crippen molar-refractivity contribution in [1.82, 2.24) is 5.32 Å². The zero-order chi connectivity index (χ0) is 8.74. The van der Waals surface area contributed by atoms with Crippen molar-refractivity contribution in [2.45, 2.75) is 18.6 Å². The lowest BCUT2D eigenvalue weighted by atomic mass is 9.81. The van der Waals surface area contributed by atoms with Gasteiger partial charge in [0.1, 0.15) is 0 Å². The standard InChI is InChI=1S/C9H9NO3/c11-8-4-2-1-3(7-6(2)13-7)5(4)9(12)10-8/h2-7H,1H2,(H,10,11,12)/t2-,3+,4+,5-,6?,7?. The fourth-order valence-corrected chi connectivity index (χ4v) is 3.65. The Balaban J connectivity index is 1.84. The lowest BCUT2D eigenvalue weighted by molar-refractivity contribution is -0.127. The minimum absolute atomic E-state index is 0.0544. The summed E-state index contributed by atoms with van der Waals surface area (Å²) in [7, 11) is 0. The molecule has 1 N–H and O–H groups in total. The summed E-state index contributed by atoms with van der Waals surface area (Å²) in [6.45, 7) is 0. The van der Waals surface area contributed by atoms with E-state index in [-0.39, 0.29) is 23.7 Å². The molecule has 4 heteroatoms. The molecule has 68 valence electrons. The lowest BCUT2D eigenvalue weighted by Crippen LogP contribution is -2.29. The van der Waals surface area contributed by atoms with Crippen LogP contribution >= 0.6 is 0 Å². The van der Waals surface area contributed by atoms with Crippen LogP contribution in [0.5, 0.6) is 0 Å². The Morgan fingerprint density at radius 3 is 2.15 bits per heavy atom. The molecule has 2 saturated heterocycles. The Hall–Kier alpha value is -0.900. The van der Waals surface area contributed by atoms with Crippen molar-refractivity contribution < 1.29 is 14.3 Å². The Kier molecular flexibility index (Phi) is 0.836. The largest absolute Gasteiger partial charge is 0.369 e. The number of amides is 2. The van der Waals surface area contributed by atoms with Gasteiger partial charge in [0.25, 0.3) is 0 Å². The van der Waals surface area contributed by atoms with Gasteiger partial charge in [0, 0.05) is 11.8 Å².